The number of methoxy groups -OCH3 is 1. The first-order valence-corrected chi connectivity index (χ1v) is 8.59. The van der Waals surface area contributed by atoms with Crippen LogP contribution in [0.1, 0.15) is 26.7 Å². The smallest absolute Gasteiger partial charge is 0.308 e. The van der Waals surface area contributed by atoms with Gasteiger partial charge in [0.1, 0.15) is 0 Å². The Balaban J connectivity index is 1.88. The molecule has 1 heterocycles. The number of benzene rings is 1. The van der Waals surface area contributed by atoms with Crippen LogP contribution in [0, 0.1) is 23.7 Å². The van der Waals surface area contributed by atoms with E-state index in [1.54, 1.807) is 0 Å². The second-order valence-electron chi connectivity index (χ2n) is 6.78. The van der Waals surface area contributed by atoms with Crippen molar-refractivity contribution in [1.29, 1.82) is 0 Å². The predicted molar refractivity (Wildman–Crippen MR) is 91.3 cm³/mol. The average Bonchev–Trinajstić information content (AvgIpc) is 3.10. The number of rotatable bonds is 4. The number of fused-ring (bicyclic) bond motifs is 1. The van der Waals surface area contributed by atoms with Gasteiger partial charge in [0.05, 0.1) is 18.5 Å². The topological polar surface area (TPSA) is 44.1 Å². The summed E-state index contributed by atoms with van der Waals surface area (Å²) >= 11 is 6.26. The first-order valence-electron chi connectivity index (χ1n) is 8.21. The SMILES string of the molecule is COC(=O)[C@H]1CCC(Cn2nc(Cl)c3ccccc32)[C@H]1C(C)C. The van der Waals surface area contributed by atoms with E-state index in [1.165, 1.54) is 7.11 Å². The second-order valence-corrected chi connectivity index (χ2v) is 7.14. The zero-order valence-electron chi connectivity index (χ0n) is 13.8. The van der Waals surface area contributed by atoms with E-state index in [9.17, 15) is 4.79 Å². The van der Waals surface area contributed by atoms with Crippen molar-refractivity contribution in [1.82, 2.24) is 9.78 Å². The van der Waals surface area contributed by atoms with Crippen LogP contribution in [0.2, 0.25) is 5.15 Å². The number of hydrogen-bond acceptors (Lipinski definition) is 3. The van der Waals surface area contributed by atoms with Gasteiger partial charge in [0, 0.05) is 11.9 Å². The number of para-hydroxylation sites is 1. The number of carbonyl (C=O) groups excluding carboxylic acids is 1. The molecule has 3 rings (SSSR count). The predicted octanol–water partition coefficient (Wildman–Crippen LogP) is 4.16. The second kappa shape index (κ2) is 6.52. The minimum absolute atomic E-state index is 0.00213. The summed E-state index contributed by atoms with van der Waals surface area (Å²) in [7, 11) is 1.48. The normalized spacial score (nSPS) is 24.5. The van der Waals surface area contributed by atoms with Crippen molar-refractivity contribution in [3.63, 3.8) is 0 Å². The van der Waals surface area contributed by atoms with Crippen molar-refractivity contribution in [3.8, 4) is 0 Å². The molecule has 4 nitrogen and oxygen atoms in total. The van der Waals surface area contributed by atoms with Crippen LogP contribution >= 0.6 is 11.6 Å². The Labute approximate surface area is 141 Å². The van der Waals surface area contributed by atoms with Crippen molar-refractivity contribution in [2.75, 3.05) is 7.11 Å². The number of halogens is 1. The lowest BCUT2D eigenvalue weighted by atomic mass is 9.80. The van der Waals surface area contributed by atoms with Gasteiger partial charge in [0.25, 0.3) is 0 Å². The molecule has 1 saturated carbocycles. The fourth-order valence-electron chi connectivity index (χ4n) is 4.20. The molecule has 0 N–H and O–H groups in total. The summed E-state index contributed by atoms with van der Waals surface area (Å²) in [5, 5.41) is 6.03. The lowest BCUT2D eigenvalue weighted by Crippen LogP contribution is -2.29. The largest absolute Gasteiger partial charge is 0.469 e. The molecule has 1 aliphatic carbocycles. The molecule has 0 aliphatic heterocycles. The number of ether oxygens (including phenoxy) is 1. The molecule has 0 radical (unpaired) electrons. The molecule has 1 unspecified atom stereocenters. The van der Waals surface area contributed by atoms with Gasteiger partial charge in [-0.05, 0) is 42.7 Å². The van der Waals surface area contributed by atoms with Crippen LogP contribution < -0.4 is 0 Å². The van der Waals surface area contributed by atoms with Crippen LogP contribution in [0.4, 0.5) is 0 Å². The van der Waals surface area contributed by atoms with E-state index in [-0.39, 0.29) is 11.9 Å². The minimum atomic E-state index is -0.0745. The molecule has 0 bridgehead atoms. The lowest BCUT2D eigenvalue weighted by molar-refractivity contribution is -0.147. The van der Waals surface area contributed by atoms with E-state index < -0.39 is 0 Å². The van der Waals surface area contributed by atoms with Crippen LogP contribution in [-0.2, 0) is 16.1 Å². The van der Waals surface area contributed by atoms with E-state index in [2.05, 4.69) is 18.9 Å². The summed E-state index contributed by atoms with van der Waals surface area (Å²) in [5.41, 5.74) is 1.06. The zero-order valence-corrected chi connectivity index (χ0v) is 14.6. The molecule has 124 valence electrons. The molecule has 1 fully saturated rings. The molecule has 1 aliphatic rings. The number of hydrogen-bond donors (Lipinski definition) is 0. The highest BCUT2D eigenvalue weighted by Crippen LogP contribution is 2.43. The number of carbonyl (C=O) groups is 1. The molecule has 23 heavy (non-hydrogen) atoms. The maximum atomic E-state index is 12.1. The standard InChI is InChI=1S/C18H23ClN2O2/c1-11(2)16-12(8-9-14(16)18(22)23-3)10-21-15-7-5-4-6-13(15)17(19)20-21/h4-7,11-12,14,16H,8-10H2,1-3H3/t12?,14-,16+/m0/s1. The fourth-order valence-corrected chi connectivity index (χ4v) is 4.45. The van der Waals surface area contributed by atoms with Crippen LogP contribution in [0.3, 0.4) is 0 Å². The lowest BCUT2D eigenvalue weighted by Gasteiger charge is -2.27. The van der Waals surface area contributed by atoms with E-state index in [1.807, 2.05) is 28.9 Å². The first kappa shape index (κ1) is 16.3. The van der Waals surface area contributed by atoms with Crippen molar-refractivity contribution in [2.45, 2.75) is 33.2 Å². The van der Waals surface area contributed by atoms with Crippen molar-refractivity contribution < 1.29 is 9.53 Å². The molecule has 0 saturated heterocycles. The Morgan fingerprint density at radius 1 is 1.39 bits per heavy atom. The van der Waals surface area contributed by atoms with Gasteiger partial charge in [-0.25, -0.2) is 0 Å². The Hall–Kier alpha value is -1.55. The van der Waals surface area contributed by atoms with Crippen LogP contribution in [0.5, 0.6) is 0 Å². The van der Waals surface area contributed by atoms with Gasteiger partial charge in [-0.15, -0.1) is 0 Å². The fraction of sp³-hybridized carbons (Fsp3) is 0.556. The Bertz CT molecular complexity index is 710. The van der Waals surface area contributed by atoms with Crippen LogP contribution in [-0.4, -0.2) is 22.9 Å². The summed E-state index contributed by atoms with van der Waals surface area (Å²) in [5.74, 6) is 1.10. The van der Waals surface area contributed by atoms with E-state index in [0.29, 0.717) is 22.9 Å². The average molecular weight is 335 g/mol. The van der Waals surface area contributed by atoms with Gasteiger partial charge in [0.2, 0.25) is 0 Å². The summed E-state index contributed by atoms with van der Waals surface area (Å²) in [4.78, 5) is 12.1. The quantitative estimate of drug-likeness (QED) is 0.788. The minimum Gasteiger partial charge on any atom is -0.469 e. The van der Waals surface area contributed by atoms with Gasteiger partial charge in [-0.2, -0.15) is 5.10 Å². The third-order valence-corrected chi connectivity index (χ3v) is 5.43. The third-order valence-electron chi connectivity index (χ3n) is 5.15. The van der Waals surface area contributed by atoms with Gasteiger partial charge < -0.3 is 4.74 Å². The highest BCUT2D eigenvalue weighted by atomic mass is 35.5. The van der Waals surface area contributed by atoms with Crippen LogP contribution in [0.15, 0.2) is 24.3 Å². The summed E-state index contributed by atoms with van der Waals surface area (Å²) in [6.45, 7) is 5.17. The maximum absolute atomic E-state index is 12.1. The molecular weight excluding hydrogens is 312 g/mol. The van der Waals surface area contributed by atoms with Gasteiger partial charge in [-0.3, -0.25) is 9.48 Å². The van der Waals surface area contributed by atoms with Crippen molar-refractivity contribution in [3.05, 3.63) is 29.4 Å². The highest BCUT2D eigenvalue weighted by molar-refractivity contribution is 6.34. The third kappa shape index (κ3) is 2.97. The summed E-state index contributed by atoms with van der Waals surface area (Å²) < 4.78 is 7.00. The zero-order chi connectivity index (χ0) is 16.6. The Morgan fingerprint density at radius 3 is 2.83 bits per heavy atom. The molecule has 3 atom stereocenters. The van der Waals surface area contributed by atoms with E-state index >= 15 is 0 Å². The molecule has 5 heteroatoms. The van der Waals surface area contributed by atoms with Crippen LogP contribution in [0.25, 0.3) is 10.9 Å². The van der Waals surface area contributed by atoms with E-state index in [4.69, 9.17) is 16.3 Å². The number of esters is 1. The van der Waals surface area contributed by atoms with Gasteiger partial charge in [-0.1, -0.05) is 37.6 Å². The van der Waals surface area contributed by atoms with Gasteiger partial charge >= 0.3 is 5.97 Å². The molecule has 0 spiro atoms. The maximum Gasteiger partial charge on any atom is 0.308 e. The molecule has 2 aromatic rings. The monoisotopic (exact) mass is 334 g/mol. The molecule has 0 amide bonds. The summed E-state index contributed by atoms with van der Waals surface area (Å²) in [6.07, 6.45) is 1.92. The molecule has 1 aromatic heterocycles. The molecule has 1 aromatic carbocycles. The highest BCUT2D eigenvalue weighted by Gasteiger charge is 2.42. The number of nitrogens with zero attached hydrogens (tertiary/aromatic N) is 2. The Morgan fingerprint density at radius 2 is 2.13 bits per heavy atom. The first-order chi connectivity index (χ1) is 11.0. The summed E-state index contributed by atoms with van der Waals surface area (Å²) in [6, 6.07) is 8.01. The van der Waals surface area contributed by atoms with E-state index in [0.717, 1.165) is 30.3 Å². The van der Waals surface area contributed by atoms with Crippen molar-refractivity contribution in [2.24, 2.45) is 23.7 Å². The Kier molecular flexibility index (Phi) is 4.62. The van der Waals surface area contributed by atoms with Gasteiger partial charge in [0.15, 0.2) is 5.15 Å². The van der Waals surface area contributed by atoms with Crippen molar-refractivity contribution >= 4 is 28.5 Å². The number of aromatic nitrogens is 2. The molecular formula is C18H23ClN2O2.